The van der Waals surface area contributed by atoms with Gasteiger partial charge in [-0.3, -0.25) is 14.5 Å². The number of benzene rings is 3. The molecule has 0 spiro atoms. The van der Waals surface area contributed by atoms with Crippen LogP contribution in [0.1, 0.15) is 28.8 Å². The van der Waals surface area contributed by atoms with Crippen LogP contribution in [0.25, 0.3) is 22.0 Å². The van der Waals surface area contributed by atoms with Crippen molar-refractivity contribution in [2.45, 2.75) is 26.4 Å². The summed E-state index contributed by atoms with van der Waals surface area (Å²) in [5, 5.41) is 5.60. The van der Waals surface area contributed by atoms with Crippen LogP contribution < -0.4 is 5.56 Å². The van der Waals surface area contributed by atoms with E-state index in [-0.39, 0.29) is 23.9 Å². The number of rotatable bonds is 5. The molecule has 5 nitrogen and oxygen atoms in total. The number of carbonyl (C=O) groups excluding carboxylic acids is 1. The molecule has 0 bridgehead atoms. The Morgan fingerprint density at radius 2 is 1.63 bits per heavy atom. The van der Waals surface area contributed by atoms with Crippen LogP contribution in [0.2, 0.25) is 0 Å². The summed E-state index contributed by atoms with van der Waals surface area (Å²) in [6.07, 6.45) is 1.40. The minimum Gasteiger partial charge on any atom is -0.294 e. The van der Waals surface area contributed by atoms with Crippen molar-refractivity contribution in [3.63, 3.8) is 0 Å². The Morgan fingerprint density at radius 3 is 2.31 bits per heavy atom. The number of fused-ring (bicyclic) bond motifs is 1. The third-order valence-corrected chi connectivity index (χ3v) is 6.69. The summed E-state index contributed by atoms with van der Waals surface area (Å²) in [5.74, 6) is -1.79. The Kier molecular flexibility index (Phi) is 6.26. The summed E-state index contributed by atoms with van der Waals surface area (Å²) in [6.45, 7) is 3.56. The molecule has 178 valence electrons. The van der Waals surface area contributed by atoms with E-state index in [1.165, 1.54) is 10.7 Å². The molecule has 1 fully saturated rings. The predicted octanol–water partition coefficient (Wildman–Crippen LogP) is 5.20. The molecule has 3 aromatic carbocycles. The fourth-order valence-electron chi connectivity index (χ4n) is 4.67. The van der Waals surface area contributed by atoms with Crippen LogP contribution in [0.15, 0.2) is 71.5 Å². The van der Waals surface area contributed by atoms with Gasteiger partial charge in [0.05, 0.1) is 17.7 Å². The Morgan fingerprint density at radius 1 is 0.943 bits per heavy atom. The molecule has 0 N–H and O–H groups in total. The zero-order valence-electron chi connectivity index (χ0n) is 19.4. The highest BCUT2D eigenvalue weighted by atomic mass is 19.2. The van der Waals surface area contributed by atoms with Crippen LogP contribution in [0.3, 0.4) is 0 Å². The molecule has 7 heteroatoms. The number of halogens is 2. The Bertz CT molecular complexity index is 1460. The maximum atomic E-state index is 14.0. The average Bonchev–Trinajstić information content (AvgIpc) is 2.88. The molecular formula is C28H25F2N3O2. The number of carbonyl (C=O) groups is 1. The molecule has 1 aliphatic heterocycles. The molecule has 0 aliphatic carbocycles. The quantitative estimate of drug-likeness (QED) is 0.374. The zero-order chi connectivity index (χ0) is 24.5. The smallest absolute Gasteiger partial charge is 0.275 e. The van der Waals surface area contributed by atoms with Gasteiger partial charge in [-0.1, -0.05) is 48.0 Å². The standard InChI is InChI=1S/C28H25F2N3O2/c1-18-6-8-19(9-7-18)27(34)20-12-14-32(15-13-20)17-33-28(35)23-5-3-2-4-22(23)26(31-33)21-10-11-24(29)25(30)16-21/h2-11,16,20H,12-15,17H2,1H3. The Hall–Kier alpha value is -3.71. The third kappa shape index (κ3) is 4.64. The number of aryl methyl sites for hydroxylation is 1. The number of nitrogens with zero attached hydrogens (tertiary/aromatic N) is 3. The molecule has 0 unspecified atom stereocenters. The molecule has 1 aliphatic rings. The highest BCUT2D eigenvalue weighted by molar-refractivity contribution is 5.98. The van der Waals surface area contributed by atoms with Crippen molar-refractivity contribution in [1.29, 1.82) is 0 Å². The van der Waals surface area contributed by atoms with E-state index in [0.29, 0.717) is 48.0 Å². The summed E-state index contributed by atoms with van der Waals surface area (Å²) in [4.78, 5) is 28.2. The highest BCUT2D eigenvalue weighted by Crippen LogP contribution is 2.27. The lowest BCUT2D eigenvalue weighted by atomic mass is 9.89. The van der Waals surface area contributed by atoms with E-state index in [9.17, 15) is 18.4 Å². The SMILES string of the molecule is Cc1ccc(C(=O)C2CCN(Cn3nc(-c4ccc(F)c(F)c4)c4ccccc4c3=O)CC2)cc1. The molecule has 0 amide bonds. The highest BCUT2D eigenvalue weighted by Gasteiger charge is 2.26. The van der Waals surface area contributed by atoms with E-state index >= 15 is 0 Å². The molecular weight excluding hydrogens is 448 g/mol. The van der Waals surface area contributed by atoms with Crippen LogP contribution in [-0.2, 0) is 6.67 Å². The first-order valence-electron chi connectivity index (χ1n) is 11.7. The second kappa shape index (κ2) is 9.50. The minimum absolute atomic E-state index is 0.0482. The number of hydrogen-bond donors (Lipinski definition) is 0. The van der Waals surface area contributed by atoms with Gasteiger partial charge < -0.3 is 0 Å². The first kappa shape index (κ1) is 23.1. The fraction of sp³-hybridized carbons (Fsp3) is 0.250. The van der Waals surface area contributed by atoms with E-state index in [1.807, 2.05) is 31.2 Å². The summed E-state index contributed by atoms with van der Waals surface area (Å²) in [6, 6.07) is 18.3. The number of piperidine rings is 1. The topological polar surface area (TPSA) is 55.2 Å². The van der Waals surface area contributed by atoms with Gasteiger partial charge >= 0.3 is 0 Å². The van der Waals surface area contributed by atoms with E-state index in [4.69, 9.17) is 0 Å². The zero-order valence-corrected chi connectivity index (χ0v) is 19.4. The molecule has 5 rings (SSSR count). The second-order valence-corrected chi connectivity index (χ2v) is 9.09. The van der Waals surface area contributed by atoms with Gasteiger partial charge in [0.2, 0.25) is 0 Å². The largest absolute Gasteiger partial charge is 0.294 e. The predicted molar refractivity (Wildman–Crippen MR) is 131 cm³/mol. The van der Waals surface area contributed by atoms with Gasteiger partial charge in [0.1, 0.15) is 0 Å². The molecule has 0 radical (unpaired) electrons. The Labute approximate surface area is 201 Å². The fourth-order valence-corrected chi connectivity index (χ4v) is 4.67. The van der Waals surface area contributed by atoms with Crippen molar-refractivity contribution in [3.05, 3.63) is 99.8 Å². The second-order valence-electron chi connectivity index (χ2n) is 9.09. The molecule has 0 atom stereocenters. The lowest BCUT2D eigenvalue weighted by Crippen LogP contribution is -2.40. The maximum absolute atomic E-state index is 14.0. The van der Waals surface area contributed by atoms with Crippen molar-refractivity contribution < 1.29 is 13.6 Å². The lowest BCUT2D eigenvalue weighted by molar-refractivity contribution is 0.0802. The number of Topliss-reactive ketones (excluding diaryl/α,β-unsaturated/α-hetero) is 1. The van der Waals surface area contributed by atoms with E-state index < -0.39 is 11.6 Å². The van der Waals surface area contributed by atoms with E-state index in [1.54, 1.807) is 24.3 Å². The van der Waals surface area contributed by atoms with Gasteiger partial charge in [-0.25, -0.2) is 13.5 Å². The van der Waals surface area contributed by atoms with Gasteiger partial charge in [-0.15, -0.1) is 0 Å². The summed E-state index contributed by atoms with van der Waals surface area (Å²) >= 11 is 0. The monoisotopic (exact) mass is 473 g/mol. The third-order valence-electron chi connectivity index (χ3n) is 6.69. The van der Waals surface area contributed by atoms with Gasteiger partial charge in [-0.05, 0) is 44.0 Å². The lowest BCUT2D eigenvalue weighted by Gasteiger charge is -2.31. The first-order valence-corrected chi connectivity index (χ1v) is 11.7. The van der Waals surface area contributed by atoms with Gasteiger partial charge in [0.15, 0.2) is 17.4 Å². The van der Waals surface area contributed by atoms with Crippen LogP contribution in [0.4, 0.5) is 8.78 Å². The first-order chi connectivity index (χ1) is 16.9. The van der Waals surface area contributed by atoms with Crippen molar-refractivity contribution in [3.8, 4) is 11.3 Å². The van der Waals surface area contributed by atoms with Crippen LogP contribution in [0, 0.1) is 24.5 Å². The van der Waals surface area contributed by atoms with Crippen LogP contribution in [0.5, 0.6) is 0 Å². The molecule has 35 heavy (non-hydrogen) atoms. The molecule has 1 saturated heterocycles. The van der Waals surface area contributed by atoms with Crippen molar-refractivity contribution in [1.82, 2.24) is 14.7 Å². The summed E-state index contributed by atoms with van der Waals surface area (Å²) in [5.41, 5.74) is 2.43. The van der Waals surface area contributed by atoms with Crippen molar-refractivity contribution >= 4 is 16.6 Å². The van der Waals surface area contributed by atoms with Crippen LogP contribution >= 0.6 is 0 Å². The maximum Gasteiger partial charge on any atom is 0.275 e. The van der Waals surface area contributed by atoms with Gasteiger partial charge in [0.25, 0.3) is 5.56 Å². The molecule has 0 saturated carbocycles. The summed E-state index contributed by atoms with van der Waals surface area (Å²) in [7, 11) is 0. The number of likely N-dealkylation sites (tertiary alicyclic amines) is 1. The normalized spacial score (nSPS) is 14.9. The number of aromatic nitrogens is 2. The van der Waals surface area contributed by atoms with E-state index in [2.05, 4.69) is 10.00 Å². The van der Waals surface area contributed by atoms with Gasteiger partial charge in [0, 0.05) is 35.5 Å². The molecule has 4 aromatic rings. The number of ketones is 1. The Balaban J connectivity index is 1.38. The average molecular weight is 474 g/mol. The van der Waals surface area contributed by atoms with Crippen molar-refractivity contribution in [2.75, 3.05) is 13.1 Å². The minimum atomic E-state index is -0.966. The molecule has 2 heterocycles. The number of hydrogen-bond acceptors (Lipinski definition) is 4. The van der Waals surface area contributed by atoms with Crippen LogP contribution in [-0.4, -0.2) is 33.6 Å². The van der Waals surface area contributed by atoms with Gasteiger partial charge in [-0.2, -0.15) is 5.10 Å². The summed E-state index contributed by atoms with van der Waals surface area (Å²) < 4.78 is 28.8. The van der Waals surface area contributed by atoms with Crippen molar-refractivity contribution in [2.24, 2.45) is 5.92 Å². The van der Waals surface area contributed by atoms with E-state index in [0.717, 1.165) is 23.3 Å². The molecule has 1 aromatic heterocycles.